The van der Waals surface area contributed by atoms with Crippen LogP contribution in [-0.4, -0.2) is 59.8 Å². The zero-order valence-electron chi connectivity index (χ0n) is 24.3. The highest BCUT2D eigenvalue weighted by molar-refractivity contribution is 5.99. The SMILES string of the molecule is CCC(C)C(NC(=O)OC(C)(C)C)C(=O)N(CCO)C(C(=O)Nc1ccc(OC)cc1)c1c(C)cccc1C. The standard InChI is InChI=1S/C30H43N3O6/c1-9-19(2)25(32-29(37)39-30(5,6)7)28(36)33(17-18-34)26(24-20(3)11-10-12-21(24)4)27(35)31-22-13-15-23(38-8)16-14-22/h10-16,19,25-26,34H,9,17-18H2,1-8H3,(H,31,35)(H,32,37). The van der Waals surface area contributed by atoms with Gasteiger partial charge in [0.25, 0.3) is 5.91 Å². The van der Waals surface area contributed by atoms with Crippen molar-refractivity contribution in [3.8, 4) is 5.75 Å². The molecule has 3 atom stereocenters. The van der Waals surface area contributed by atoms with Crippen LogP contribution in [0.15, 0.2) is 42.5 Å². The Bertz CT molecular complexity index is 1110. The first-order valence-corrected chi connectivity index (χ1v) is 13.2. The number of amides is 3. The summed E-state index contributed by atoms with van der Waals surface area (Å²) in [7, 11) is 1.56. The van der Waals surface area contributed by atoms with Gasteiger partial charge in [-0.25, -0.2) is 4.79 Å². The number of methoxy groups -OCH3 is 1. The van der Waals surface area contributed by atoms with Gasteiger partial charge in [0.15, 0.2) is 0 Å². The molecule has 3 unspecified atom stereocenters. The minimum Gasteiger partial charge on any atom is -0.497 e. The molecule has 0 bridgehead atoms. The van der Waals surface area contributed by atoms with Gasteiger partial charge in [-0.2, -0.15) is 0 Å². The van der Waals surface area contributed by atoms with E-state index < -0.39 is 35.6 Å². The second kappa shape index (κ2) is 14.0. The average molecular weight is 542 g/mol. The third kappa shape index (κ3) is 8.71. The second-order valence-corrected chi connectivity index (χ2v) is 10.7. The lowest BCUT2D eigenvalue weighted by molar-refractivity contribution is -0.142. The summed E-state index contributed by atoms with van der Waals surface area (Å²) in [6, 6.07) is 10.5. The predicted molar refractivity (Wildman–Crippen MR) is 152 cm³/mol. The number of rotatable bonds is 11. The van der Waals surface area contributed by atoms with E-state index in [0.717, 1.165) is 11.1 Å². The van der Waals surface area contributed by atoms with E-state index in [0.29, 0.717) is 23.4 Å². The first-order valence-electron chi connectivity index (χ1n) is 13.2. The smallest absolute Gasteiger partial charge is 0.408 e. The summed E-state index contributed by atoms with van der Waals surface area (Å²) in [4.78, 5) is 42.2. The number of aryl methyl sites for hydroxylation is 2. The Labute approximate surface area is 231 Å². The van der Waals surface area contributed by atoms with E-state index in [4.69, 9.17) is 9.47 Å². The molecule has 0 spiro atoms. The molecule has 0 aromatic heterocycles. The minimum absolute atomic E-state index is 0.115. The molecule has 0 saturated heterocycles. The fraction of sp³-hybridized carbons (Fsp3) is 0.500. The summed E-state index contributed by atoms with van der Waals surface area (Å²) >= 11 is 0. The molecule has 3 N–H and O–H groups in total. The van der Waals surface area contributed by atoms with E-state index in [1.807, 2.05) is 45.9 Å². The number of aliphatic hydroxyl groups is 1. The van der Waals surface area contributed by atoms with E-state index >= 15 is 0 Å². The maximum Gasteiger partial charge on any atom is 0.408 e. The van der Waals surface area contributed by atoms with Crippen LogP contribution in [0.1, 0.15) is 63.8 Å². The molecule has 0 heterocycles. The van der Waals surface area contributed by atoms with Crippen LogP contribution in [0.2, 0.25) is 0 Å². The Kier molecular flexibility index (Phi) is 11.3. The van der Waals surface area contributed by atoms with Gasteiger partial charge in [0, 0.05) is 12.2 Å². The molecule has 0 aliphatic carbocycles. The summed E-state index contributed by atoms with van der Waals surface area (Å²) in [5.74, 6) is -0.559. The molecule has 2 aromatic rings. The van der Waals surface area contributed by atoms with E-state index in [9.17, 15) is 19.5 Å². The fourth-order valence-corrected chi connectivity index (χ4v) is 4.34. The first kappa shape index (κ1) is 31.6. The van der Waals surface area contributed by atoms with E-state index in [-0.39, 0.29) is 19.1 Å². The largest absolute Gasteiger partial charge is 0.497 e. The number of hydrogen-bond donors (Lipinski definition) is 3. The van der Waals surface area contributed by atoms with Crippen LogP contribution in [0, 0.1) is 19.8 Å². The van der Waals surface area contributed by atoms with Crippen molar-refractivity contribution in [2.45, 2.75) is 72.6 Å². The topological polar surface area (TPSA) is 117 Å². The summed E-state index contributed by atoms with van der Waals surface area (Å²) in [6.45, 7) is 12.3. The number of benzene rings is 2. The van der Waals surface area contributed by atoms with Gasteiger partial charge in [-0.15, -0.1) is 0 Å². The summed E-state index contributed by atoms with van der Waals surface area (Å²) in [5, 5.41) is 15.6. The van der Waals surface area contributed by atoms with Gasteiger partial charge in [-0.3, -0.25) is 9.59 Å². The van der Waals surface area contributed by atoms with Crippen LogP contribution in [0.25, 0.3) is 0 Å². The highest BCUT2D eigenvalue weighted by Gasteiger charge is 2.39. The van der Waals surface area contributed by atoms with Crippen LogP contribution >= 0.6 is 0 Å². The number of ether oxygens (including phenoxy) is 2. The van der Waals surface area contributed by atoms with Crippen molar-refractivity contribution < 1.29 is 29.0 Å². The Balaban J connectivity index is 2.57. The quantitative estimate of drug-likeness (QED) is 0.378. The van der Waals surface area contributed by atoms with Gasteiger partial charge >= 0.3 is 6.09 Å². The molecule has 0 radical (unpaired) electrons. The third-order valence-corrected chi connectivity index (χ3v) is 6.51. The van der Waals surface area contributed by atoms with Crippen molar-refractivity contribution in [2.24, 2.45) is 5.92 Å². The molecule has 2 aromatic carbocycles. The summed E-state index contributed by atoms with van der Waals surface area (Å²) in [6.07, 6.45) is -0.137. The molecule has 214 valence electrons. The van der Waals surface area contributed by atoms with Gasteiger partial charge in [0.05, 0.1) is 13.7 Å². The maximum atomic E-state index is 14.2. The zero-order chi connectivity index (χ0) is 29.3. The Morgan fingerprint density at radius 2 is 1.62 bits per heavy atom. The number of nitrogens with zero attached hydrogens (tertiary/aromatic N) is 1. The van der Waals surface area contributed by atoms with E-state index in [1.165, 1.54) is 4.90 Å². The van der Waals surface area contributed by atoms with Gasteiger partial charge in [0.1, 0.15) is 23.4 Å². The predicted octanol–water partition coefficient (Wildman–Crippen LogP) is 4.75. The number of anilines is 1. The maximum absolute atomic E-state index is 14.2. The molecule has 2 rings (SSSR count). The Morgan fingerprint density at radius 1 is 1.03 bits per heavy atom. The van der Waals surface area contributed by atoms with Crippen molar-refractivity contribution in [1.29, 1.82) is 0 Å². The number of nitrogens with one attached hydrogen (secondary N) is 2. The lowest BCUT2D eigenvalue weighted by Crippen LogP contribution is -2.55. The third-order valence-electron chi connectivity index (χ3n) is 6.51. The molecule has 0 saturated carbocycles. The van der Waals surface area contributed by atoms with Crippen molar-refractivity contribution >= 4 is 23.6 Å². The highest BCUT2D eigenvalue weighted by Crippen LogP contribution is 2.30. The van der Waals surface area contributed by atoms with Crippen molar-refractivity contribution in [1.82, 2.24) is 10.2 Å². The summed E-state index contributed by atoms with van der Waals surface area (Å²) < 4.78 is 10.6. The molecule has 39 heavy (non-hydrogen) atoms. The normalized spacial score (nSPS) is 13.6. The van der Waals surface area contributed by atoms with Gasteiger partial charge < -0.3 is 30.1 Å². The molecule has 0 aliphatic rings. The van der Waals surface area contributed by atoms with Crippen LogP contribution < -0.4 is 15.4 Å². The fourth-order valence-electron chi connectivity index (χ4n) is 4.34. The number of aliphatic hydroxyl groups excluding tert-OH is 1. The van der Waals surface area contributed by atoms with E-state index in [2.05, 4.69) is 10.6 Å². The molecule has 9 nitrogen and oxygen atoms in total. The van der Waals surface area contributed by atoms with Crippen LogP contribution in [0.3, 0.4) is 0 Å². The Morgan fingerprint density at radius 3 is 2.10 bits per heavy atom. The zero-order valence-corrected chi connectivity index (χ0v) is 24.3. The van der Waals surface area contributed by atoms with Crippen molar-refractivity contribution in [2.75, 3.05) is 25.6 Å². The molecule has 0 aliphatic heterocycles. The Hall–Kier alpha value is -3.59. The van der Waals surface area contributed by atoms with Crippen molar-refractivity contribution in [3.63, 3.8) is 0 Å². The number of hydrogen-bond acceptors (Lipinski definition) is 6. The minimum atomic E-state index is -1.07. The molecule has 9 heteroatoms. The number of carbonyl (C=O) groups excluding carboxylic acids is 3. The van der Waals surface area contributed by atoms with Crippen molar-refractivity contribution in [3.05, 3.63) is 59.2 Å². The first-order chi connectivity index (χ1) is 18.3. The lowest BCUT2D eigenvalue weighted by atomic mass is 9.92. The van der Waals surface area contributed by atoms with E-state index in [1.54, 1.807) is 52.1 Å². The second-order valence-electron chi connectivity index (χ2n) is 10.7. The molecular formula is C30H43N3O6. The number of carbonyl (C=O) groups is 3. The van der Waals surface area contributed by atoms with Crippen LogP contribution in [0.5, 0.6) is 5.75 Å². The molecule has 3 amide bonds. The monoisotopic (exact) mass is 541 g/mol. The number of alkyl carbamates (subject to hydrolysis) is 1. The van der Waals surface area contributed by atoms with Crippen LogP contribution in [0.4, 0.5) is 10.5 Å². The molecule has 0 fully saturated rings. The van der Waals surface area contributed by atoms with Gasteiger partial charge in [0.2, 0.25) is 5.91 Å². The summed E-state index contributed by atoms with van der Waals surface area (Å²) in [5.41, 5.74) is 2.07. The highest BCUT2D eigenvalue weighted by atomic mass is 16.6. The lowest BCUT2D eigenvalue weighted by Gasteiger charge is -2.36. The molecular weight excluding hydrogens is 498 g/mol. The van der Waals surface area contributed by atoms with Gasteiger partial charge in [-0.1, -0.05) is 38.5 Å². The average Bonchev–Trinajstić information content (AvgIpc) is 2.87. The van der Waals surface area contributed by atoms with Gasteiger partial charge in [-0.05, 0) is 81.5 Å². The van der Waals surface area contributed by atoms with Crippen LogP contribution in [-0.2, 0) is 14.3 Å².